The van der Waals surface area contributed by atoms with Gasteiger partial charge in [-0.1, -0.05) is 67.8 Å². The molecule has 0 aromatic heterocycles. The molecule has 0 bridgehead atoms. The van der Waals surface area contributed by atoms with E-state index in [0.717, 1.165) is 29.5 Å². The molecule has 0 spiro atoms. The fraction of sp³-hybridized carbons (Fsp3) is 0.474. The van der Waals surface area contributed by atoms with Gasteiger partial charge in [0.2, 0.25) is 0 Å². The highest BCUT2D eigenvalue weighted by Crippen LogP contribution is 2.37. The Kier molecular flexibility index (Phi) is 10.9. The van der Waals surface area contributed by atoms with Crippen LogP contribution in [-0.2, 0) is 27.3 Å². The molecule has 0 heterocycles. The number of amides is 1. The van der Waals surface area contributed by atoms with Crippen LogP contribution in [0.25, 0.3) is 11.1 Å². The van der Waals surface area contributed by atoms with Crippen LogP contribution >= 0.6 is 0 Å². The highest BCUT2D eigenvalue weighted by atomic mass is 19.1. The summed E-state index contributed by atoms with van der Waals surface area (Å²) in [4.78, 5) is 25.0. The van der Waals surface area contributed by atoms with Gasteiger partial charge in [0, 0.05) is 16.7 Å². The summed E-state index contributed by atoms with van der Waals surface area (Å²) in [7, 11) is 0. The first-order chi connectivity index (χ1) is 21.2. The molecule has 6 nitrogen and oxygen atoms in total. The molecule has 1 unspecified atom stereocenters. The first-order valence-corrected chi connectivity index (χ1v) is 16.0. The number of rotatable bonds is 9. The van der Waals surface area contributed by atoms with Crippen molar-refractivity contribution in [2.45, 2.75) is 117 Å². The molecular formula is C38H48FNO5. The molecule has 1 aliphatic rings. The minimum Gasteiger partial charge on any atom is -0.489 e. The Labute approximate surface area is 267 Å². The van der Waals surface area contributed by atoms with Crippen LogP contribution in [-0.4, -0.2) is 23.3 Å². The second-order valence-electron chi connectivity index (χ2n) is 14.0. The molecule has 0 radical (unpaired) electrons. The number of alkyl carbamates (subject to hydrolysis) is 1. The van der Waals surface area contributed by atoms with Gasteiger partial charge in [0.15, 0.2) is 0 Å². The highest BCUT2D eigenvalue weighted by Gasteiger charge is 2.23. The fourth-order valence-electron chi connectivity index (χ4n) is 5.78. The van der Waals surface area contributed by atoms with Crippen LogP contribution in [0.15, 0.2) is 60.7 Å². The van der Waals surface area contributed by atoms with Crippen molar-refractivity contribution in [1.82, 2.24) is 5.32 Å². The van der Waals surface area contributed by atoms with E-state index in [4.69, 9.17) is 14.2 Å². The second-order valence-corrected chi connectivity index (χ2v) is 14.0. The van der Waals surface area contributed by atoms with E-state index in [2.05, 4.69) is 17.4 Å². The molecule has 1 atom stereocenters. The average Bonchev–Trinajstić information content (AvgIpc) is 2.95. The lowest BCUT2D eigenvalue weighted by Gasteiger charge is -2.24. The molecule has 3 aromatic rings. The Bertz CT molecular complexity index is 1480. The standard InChI is InChI=1S/C38H48FNO5/c1-25(40-36(42)45-38(5,6)7)31-17-13-18-32(35(31)39)30-21-26(20-29(22-30)27-14-9-8-10-15-27)24-43-33-19-12-11-16-28(33)23-34(41)44-37(2,3)4/h11-13,16-22,25,27H,8-10,14-15,23-24H2,1-7H3,(H,40,42). The van der Waals surface area contributed by atoms with Gasteiger partial charge in [0.05, 0.1) is 12.5 Å². The summed E-state index contributed by atoms with van der Waals surface area (Å²) in [5.74, 6) is 0.321. The first kappa shape index (κ1) is 34.0. The Hall–Kier alpha value is -3.87. The summed E-state index contributed by atoms with van der Waals surface area (Å²) in [6.07, 6.45) is 5.30. The van der Waals surface area contributed by atoms with Gasteiger partial charge < -0.3 is 19.5 Å². The summed E-state index contributed by atoms with van der Waals surface area (Å²) < 4.78 is 33.4. The maximum absolute atomic E-state index is 16.2. The van der Waals surface area contributed by atoms with E-state index in [1.165, 1.54) is 24.8 Å². The van der Waals surface area contributed by atoms with Crippen molar-refractivity contribution in [3.8, 4) is 16.9 Å². The lowest BCUT2D eigenvalue weighted by molar-refractivity contribution is -0.153. The topological polar surface area (TPSA) is 73.9 Å². The van der Waals surface area contributed by atoms with Crippen LogP contribution in [0.5, 0.6) is 5.75 Å². The predicted octanol–water partition coefficient (Wildman–Crippen LogP) is 9.59. The molecule has 0 saturated heterocycles. The van der Waals surface area contributed by atoms with Gasteiger partial charge in [0.25, 0.3) is 0 Å². The molecule has 1 amide bonds. The minimum absolute atomic E-state index is 0.105. The summed E-state index contributed by atoms with van der Waals surface area (Å²) in [6, 6.07) is 18.4. The number of carbonyl (C=O) groups is 2. The number of hydrogen-bond acceptors (Lipinski definition) is 5. The van der Waals surface area contributed by atoms with Crippen LogP contribution < -0.4 is 10.1 Å². The van der Waals surface area contributed by atoms with E-state index >= 15 is 4.39 Å². The predicted molar refractivity (Wildman–Crippen MR) is 176 cm³/mol. The van der Waals surface area contributed by atoms with Crippen LogP contribution in [0.2, 0.25) is 0 Å². The first-order valence-electron chi connectivity index (χ1n) is 16.0. The minimum atomic E-state index is -0.654. The van der Waals surface area contributed by atoms with E-state index < -0.39 is 23.3 Å². The van der Waals surface area contributed by atoms with Crippen LogP contribution in [0.3, 0.4) is 0 Å². The van der Waals surface area contributed by atoms with Crippen LogP contribution in [0, 0.1) is 5.82 Å². The Morgan fingerprint density at radius 3 is 2.27 bits per heavy atom. The Balaban J connectivity index is 1.62. The van der Waals surface area contributed by atoms with Gasteiger partial charge in [-0.3, -0.25) is 4.79 Å². The number of benzene rings is 3. The molecule has 3 aromatic carbocycles. The van der Waals surface area contributed by atoms with Gasteiger partial charge in [-0.05, 0) is 96.0 Å². The summed E-state index contributed by atoms with van der Waals surface area (Å²) in [5, 5.41) is 2.76. The average molecular weight is 618 g/mol. The quantitative estimate of drug-likeness (QED) is 0.242. The largest absolute Gasteiger partial charge is 0.489 e. The van der Waals surface area contributed by atoms with Crippen molar-refractivity contribution in [2.24, 2.45) is 0 Å². The number of carbonyl (C=O) groups excluding carboxylic acids is 2. The SMILES string of the molecule is CC(NC(=O)OC(C)(C)C)c1cccc(-c2cc(COc3ccccc3CC(=O)OC(C)(C)C)cc(C3CCCCC3)c2)c1F. The van der Waals surface area contributed by atoms with E-state index in [0.29, 0.717) is 22.8 Å². The number of hydrogen-bond donors (Lipinski definition) is 1. The molecule has 7 heteroatoms. The Morgan fingerprint density at radius 2 is 1.58 bits per heavy atom. The maximum atomic E-state index is 16.2. The van der Waals surface area contributed by atoms with Crippen molar-refractivity contribution in [2.75, 3.05) is 0 Å². The van der Waals surface area contributed by atoms with Gasteiger partial charge in [-0.2, -0.15) is 0 Å². The monoisotopic (exact) mass is 617 g/mol. The van der Waals surface area contributed by atoms with E-state index in [-0.39, 0.29) is 24.8 Å². The van der Waals surface area contributed by atoms with Gasteiger partial charge in [0.1, 0.15) is 29.4 Å². The molecule has 242 valence electrons. The summed E-state index contributed by atoms with van der Waals surface area (Å²) >= 11 is 0. The smallest absolute Gasteiger partial charge is 0.408 e. The van der Waals surface area contributed by atoms with Crippen LogP contribution in [0.4, 0.5) is 9.18 Å². The third-order valence-corrected chi connectivity index (χ3v) is 7.75. The zero-order chi connectivity index (χ0) is 32.8. The third kappa shape index (κ3) is 10.1. The molecule has 0 aliphatic heterocycles. The molecule has 4 rings (SSSR count). The van der Waals surface area contributed by atoms with Crippen molar-refractivity contribution >= 4 is 12.1 Å². The zero-order valence-electron chi connectivity index (χ0n) is 27.8. The molecule has 1 aliphatic carbocycles. The normalized spacial score (nSPS) is 14.8. The Morgan fingerprint density at radius 1 is 0.889 bits per heavy atom. The molecule has 1 saturated carbocycles. The van der Waals surface area contributed by atoms with Crippen molar-refractivity contribution in [1.29, 1.82) is 0 Å². The van der Waals surface area contributed by atoms with Crippen LogP contribution in [0.1, 0.15) is 115 Å². The third-order valence-electron chi connectivity index (χ3n) is 7.75. The second kappa shape index (κ2) is 14.5. The van der Waals surface area contributed by atoms with Gasteiger partial charge in [-0.15, -0.1) is 0 Å². The molecular weight excluding hydrogens is 569 g/mol. The maximum Gasteiger partial charge on any atom is 0.408 e. The number of nitrogens with one attached hydrogen (secondary N) is 1. The van der Waals surface area contributed by atoms with Crippen molar-refractivity contribution in [3.63, 3.8) is 0 Å². The van der Waals surface area contributed by atoms with E-state index in [1.807, 2.05) is 57.2 Å². The molecule has 1 fully saturated rings. The number of para-hydroxylation sites is 1. The number of ether oxygens (including phenoxy) is 3. The summed E-state index contributed by atoms with van der Waals surface area (Å²) in [5.41, 5.74) is 3.24. The van der Waals surface area contributed by atoms with E-state index in [9.17, 15) is 9.59 Å². The van der Waals surface area contributed by atoms with Gasteiger partial charge >= 0.3 is 12.1 Å². The summed E-state index contributed by atoms with van der Waals surface area (Å²) in [6.45, 7) is 12.9. The molecule has 1 N–H and O–H groups in total. The lowest BCUT2D eigenvalue weighted by Crippen LogP contribution is -2.34. The van der Waals surface area contributed by atoms with Crippen molar-refractivity contribution < 1.29 is 28.2 Å². The highest BCUT2D eigenvalue weighted by molar-refractivity contribution is 5.74. The number of esters is 1. The van der Waals surface area contributed by atoms with E-state index in [1.54, 1.807) is 39.8 Å². The van der Waals surface area contributed by atoms with Crippen molar-refractivity contribution in [3.05, 3.63) is 88.7 Å². The van der Waals surface area contributed by atoms with Gasteiger partial charge in [-0.25, -0.2) is 9.18 Å². The fourth-order valence-corrected chi connectivity index (χ4v) is 5.78. The zero-order valence-corrected chi connectivity index (χ0v) is 27.8. The molecule has 45 heavy (non-hydrogen) atoms. The number of halogens is 1. The lowest BCUT2D eigenvalue weighted by atomic mass is 9.82.